The van der Waals surface area contributed by atoms with Gasteiger partial charge in [0, 0.05) is 16.2 Å². The molecular formula is C12H15BrClNO. The number of halogens is 2. The van der Waals surface area contributed by atoms with Gasteiger partial charge in [-0.1, -0.05) is 12.8 Å². The minimum atomic E-state index is 0.437. The maximum absolute atomic E-state index is 5.86. The third kappa shape index (κ3) is 3.11. The maximum Gasteiger partial charge on any atom is 0.217 e. The highest BCUT2D eigenvalue weighted by Gasteiger charge is 2.16. The molecule has 1 aliphatic rings. The van der Waals surface area contributed by atoms with Crippen molar-refractivity contribution in [2.24, 2.45) is 5.92 Å². The fourth-order valence-corrected chi connectivity index (χ4v) is 2.64. The van der Waals surface area contributed by atoms with Gasteiger partial charge in [-0.15, -0.1) is 11.6 Å². The quantitative estimate of drug-likeness (QED) is 0.780. The molecule has 2 nitrogen and oxygen atoms in total. The summed E-state index contributed by atoms with van der Waals surface area (Å²) in [6.45, 7) is 0.776. The van der Waals surface area contributed by atoms with Crippen molar-refractivity contribution in [3.8, 4) is 5.88 Å². The Bertz CT molecular complexity index is 353. The smallest absolute Gasteiger partial charge is 0.217 e. The summed E-state index contributed by atoms with van der Waals surface area (Å²) < 4.78 is 6.69. The highest BCUT2D eigenvalue weighted by Crippen LogP contribution is 2.27. The van der Waals surface area contributed by atoms with Gasteiger partial charge < -0.3 is 4.74 Å². The number of rotatable bonds is 4. The predicted octanol–water partition coefficient (Wildman–Crippen LogP) is 4.15. The SMILES string of the molecule is ClCc1cc(Br)cnc1OCC1CCCC1. The molecule has 0 saturated heterocycles. The topological polar surface area (TPSA) is 22.1 Å². The van der Waals surface area contributed by atoms with Crippen LogP contribution in [-0.4, -0.2) is 11.6 Å². The Balaban J connectivity index is 1.97. The van der Waals surface area contributed by atoms with E-state index in [0.717, 1.165) is 16.6 Å². The van der Waals surface area contributed by atoms with Crippen molar-refractivity contribution in [1.29, 1.82) is 0 Å². The maximum atomic E-state index is 5.86. The first kappa shape index (κ1) is 12.2. The van der Waals surface area contributed by atoms with Crippen molar-refractivity contribution in [3.63, 3.8) is 0 Å². The highest BCUT2D eigenvalue weighted by molar-refractivity contribution is 9.10. The first-order valence-electron chi connectivity index (χ1n) is 5.63. The van der Waals surface area contributed by atoms with E-state index in [0.29, 0.717) is 17.7 Å². The van der Waals surface area contributed by atoms with E-state index in [1.54, 1.807) is 6.20 Å². The Hall–Kier alpha value is -0.280. The number of hydrogen-bond donors (Lipinski definition) is 0. The number of pyridine rings is 1. The zero-order chi connectivity index (χ0) is 11.4. The van der Waals surface area contributed by atoms with Crippen LogP contribution in [0.4, 0.5) is 0 Å². The highest BCUT2D eigenvalue weighted by atomic mass is 79.9. The average Bonchev–Trinajstić information content (AvgIpc) is 2.80. The number of aromatic nitrogens is 1. The Labute approximate surface area is 109 Å². The second kappa shape index (κ2) is 5.87. The van der Waals surface area contributed by atoms with Crippen LogP contribution in [0.5, 0.6) is 5.88 Å². The Morgan fingerprint density at radius 2 is 2.19 bits per heavy atom. The van der Waals surface area contributed by atoms with Crippen molar-refractivity contribution in [2.75, 3.05) is 6.61 Å². The number of nitrogens with zero attached hydrogens (tertiary/aromatic N) is 1. The third-order valence-corrected chi connectivity index (χ3v) is 3.69. The summed E-state index contributed by atoms with van der Waals surface area (Å²) in [7, 11) is 0. The Kier molecular flexibility index (Phi) is 4.47. The van der Waals surface area contributed by atoms with E-state index < -0.39 is 0 Å². The second-order valence-electron chi connectivity index (χ2n) is 4.21. The normalized spacial score (nSPS) is 16.6. The lowest BCUT2D eigenvalue weighted by Crippen LogP contribution is -2.10. The van der Waals surface area contributed by atoms with Crippen LogP contribution >= 0.6 is 27.5 Å². The molecule has 0 atom stereocenters. The molecular weight excluding hydrogens is 289 g/mol. The van der Waals surface area contributed by atoms with Crippen LogP contribution in [0.15, 0.2) is 16.7 Å². The molecule has 88 valence electrons. The van der Waals surface area contributed by atoms with E-state index >= 15 is 0 Å². The average molecular weight is 305 g/mol. The van der Waals surface area contributed by atoms with Crippen molar-refractivity contribution in [3.05, 3.63) is 22.3 Å². The van der Waals surface area contributed by atoms with Crippen molar-refractivity contribution in [1.82, 2.24) is 4.98 Å². The van der Waals surface area contributed by atoms with Crippen LogP contribution in [0.3, 0.4) is 0 Å². The van der Waals surface area contributed by atoms with Crippen molar-refractivity contribution in [2.45, 2.75) is 31.6 Å². The van der Waals surface area contributed by atoms with Gasteiger partial charge in [0.1, 0.15) is 0 Å². The molecule has 1 fully saturated rings. The number of ether oxygens (including phenoxy) is 1. The van der Waals surface area contributed by atoms with Gasteiger partial charge in [-0.2, -0.15) is 0 Å². The summed E-state index contributed by atoms with van der Waals surface area (Å²) in [5.41, 5.74) is 0.953. The largest absolute Gasteiger partial charge is 0.477 e. The first-order chi connectivity index (χ1) is 7.79. The molecule has 0 N–H and O–H groups in total. The van der Waals surface area contributed by atoms with Crippen molar-refractivity contribution < 1.29 is 4.74 Å². The fraction of sp³-hybridized carbons (Fsp3) is 0.583. The molecule has 0 aliphatic heterocycles. The molecule has 1 saturated carbocycles. The zero-order valence-corrected chi connectivity index (χ0v) is 11.4. The fourth-order valence-electron chi connectivity index (χ4n) is 2.07. The van der Waals surface area contributed by atoms with Crippen molar-refractivity contribution >= 4 is 27.5 Å². The molecule has 1 aliphatic carbocycles. The van der Waals surface area contributed by atoms with Crippen LogP contribution in [0, 0.1) is 5.92 Å². The molecule has 1 heterocycles. The molecule has 2 rings (SSSR count). The minimum Gasteiger partial charge on any atom is -0.477 e. The van der Waals surface area contributed by atoms with E-state index in [1.807, 2.05) is 6.07 Å². The molecule has 1 aromatic rings. The van der Waals surface area contributed by atoms with E-state index in [-0.39, 0.29) is 0 Å². The van der Waals surface area contributed by atoms with Gasteiger partial charge in [-0.3, -0.25) is 0 Å². The molecule has 0 amide bonds. The summed E-state index contributed by atoms with van der Waals surface area (Å²) in [6, 6.07) is 1.96. The zero-order valence-electron chi connectivity index (χ0n) is 9.09. The monoisotopic (exact) mass is 303 g/mol. The number of alkyl halides is 1. The van der Waals surface area contributed by atoms with Crippen LogP contribution in [-0.2, 0) is 5.88 Å². The third-order valence-electron chi connectivity index (χ3n) is 2.97. The van der Waals surface area contributed by atoms with Crippen LogP contribution in [0.1, 0.15) is 31.2 Å². The minimum absolute atomic E-state index is 0.437. The summed E-state index contributed by atoms with van der Waals surface area (Å²) in [6.07, 6.45) is 6.99. The van der Waals surface area contributed by atoms with Gasteiger partial charge in [0.25, 0.3) is 0 Å². The van der Waals surface area contributed by atoms with E-state index in [1.165, 1.54) is 25.7 Å². The van der Waals surface area contributed by atoms with Gasteiger partial charge >= 0.3 is 0 Å². The van der Waals surface area contributed by atoms with Gasteiger partial charge in [-0.25, -0.2) is 4.98 Å². The van der Waals surface area contributed by atoms with Crippen LogP contribution in [0.25, 0.3) is 0 Å². The Morgan fingerprint density at radius 3 is 2.88 bits per heavy atom. The summed E-state index contributed by atoms with van der Waals surface area (Å²) >= 11 is 9.24. The molecule has 0 spiro atoms. The molecule has 1 aromatic heterocycles. The van der Waals surface area contributed by atoms with E-state index in [4.69, 9.17) is 16.3 Å². The molecule has 16 heavy (non-hydrogen) atoms. The van der Waals surface area contributed by atoms with Gasteiger partial charge in [0.15, 0.2) is 0 Å². The molecule has 0 bridgehead atoms. The molecule has 0 unspecified atom stereocenters. The lowest BCUT2D eigenvalue weighted by molar-refractivity contribution is 0.242. The molecule has 0 aromatic carbocycles. The lowest BCUT2D eigenvalue weighted by atomic mass is 10.1. The summed E-state index contributed by atoms with van der Waals surface area (Å²) in [5.74, 6) is 1.82. The first-order valence-corrected chi connectivity index (χ1v) is 6.95. The van der Waals surface area contributed by atoms with Gasteiger partial charge in [0.2, 0.25) is 5.88 Å². The lowest BCUT2D eigenvalue weighted by Gasteiger charge is -2.12. The summed E-state index contributed by atoms with van der Waals surface area (Å²) in [4.78, 5) is 4.26. The Morgan fingerprint density at radius 1 is 1.44 bits per heavy atom. The second-order valence-corrected chi connectivity index (χ2v) is 5.40. The summed E-state index contributed by atoms with van der Waals surface area (Å²) in [5, 5.41) is 0. The molecule has 0 radical (unpaired) electrons. The van der Waals surface area contributed by atoms with E-state index in [2.05, 4.69) is 20.9 Å². The number of hydrogen-bond acceptors (Lipinski definition) is 2. The van der Waals surface area contributed by atoms with Gasteiger partial charge in [0.05, 0.1) is 12.5 Å². The standard InChI is InChI=1S/C12H15BrClNO/c13-11-5-10(6-14)12(15-7-11)16-8-9-3-1-2-4-9/h5,7,9H,1-4,6,8H2. The molecule has 4 heteroatoms. The van der Waals surface area contributed by atoms with Crippen LogP contribution < -0.4 is 4.74 Å². The van der Waals surface area contributed by atoms with Crippen LogP contribution in [0.2, 0.25) is 0 Å². The predicted molar refractivity (Wildman–Crippen MR) is 68.9 cm³/mol. The van der Waals surface area contributed by atoms with Gasteiger partial charge in [-0.05, 0) is 40.8 Å². The van der Waals surface area contributed by atoms with E-state index in [9.17, 15) is 0 Å².